The van der Waals surface area contributed by atoms with Crippen molar-refractivity contribution in [1.82, 2.24) is 15.2 Å². The number of nitrogens with zero attached hydrogens (tertiary/aromatic N) is 4. The normalized spacial score (nSPS) is 11.0. The lowest BCUT2D eigenvalue weighted by Crippen LogP contribution is -2.18. The fraction of sp³-hybridized carbons (Fsp3) is 0.150. The molecule has 0 spiro atoms. The number of carbonyl (C=O) groups is 1. The minimum atomic E-state index is -0.580. The van der Waals surface area contributed by atoms with E-state index in [9.17, 15) is 20.0 Å². The first kappa shape index (κ1) is 19.7. The van der Waals surface area contributed by atoms with Gasteiger partial charge in [0.2, 0.25) is 0 Å². The van der Waals surface area contributed by atoms with Crippen LogP contribution < -0.4 is 5.43 Å². The Morgan fingerprint density at radius 1 is 1.28 bits per heavy atom. The van der Waals surface area contributed by atoms with E-state index in [0.29, 0.717) is 12.1 Å². The Bertz CT molecular complexity index is 1100. The summed E-state index contributed by atoms with van der Waals surface area (Å²) in [4.78, 5) is 22.6. The summed E-state index contributed by atoms with van der Waals surface area (Å²) in [6, 6.07) is 12.6. The van der Waals surface area contributed by atoms with Gasteiger partial charge >= 0.3 is 0 Å². The van der Waals surface area contributed by atoms with Crippen molar-refractivity contribution in [3.05, 3.63) is 86.7 Å². The lowest BCUT2D eigenvalue weighted by molar-refractivity contribution is -0.384. The summed E-state index contributed by atoms with van der Waals surface area (Å²) in [6.07, 6.45) is 1.15. The predicted octanol–water partition coefficient (Wildman–Crippen LogP) is 2.93. The Balaban J connectivity index is 1.70. The minimum Gasteiger partial charge on any atom is -0.507 e. The van der Waals surface area contributed by atoms with Crippen molar-refractivity contribution in [3.63, 3.8) is 0 Å². The number of rotatable bonds is 6. The molecule has 1 aromatic heterocycles. The van der Waals surface area contributed by atoms with Gasteiger partial charge in [-0.2, -0.15) is 10.2 Å². The standard InChI is InChI=1S/C20H19N5O4/c1-13-8-14(2)24(23-13)12-15-4-3-5-16(9-15)20(27)22-21-11-17-10-18(25(28)29)6-7-19(17)26/h3-11,26H,12H2,1-2H3,(H,22,27). The van der Waals surface area contributed by atoms with Crippen molar-refractivity contribution in [3.8, 4) is 5.75 Å². The molecule has 0 fully saturated rings. The van der Waals surface area contributed by atoms with Gasteiger partial charge in [-0.05, 0) is 43.7 Å². The van der Waals surface area contributed by atoms with Gasteiger partial charge in [-0.3, -0.25) is 19.6 Å². The molecule has 0 unspecified atom stereocenters. The van der Waals surface area contributed by atoms with Crippen LogP contribution in [-0.4, -0.2) is 31.9 Å². The molecule has 0 aliphatic rings. The first-order valence-electron chi connectivity index (χ1n) is 8.74. The zero-order chi connectivity index (χ0) is 21.0. The van der Waals surface area contributed by atoms with E-state index in [1.807, 2.05) is 30.7 Å². The molecule has 9 nitrogen and oxygen atoms in total. The molecule has 0 radical (unpaired) electrons. The molecule has 2 N–H and O–H groups in total. The number of amides is 1. The van der Waals surface area contributed by atoms with Crippen molar-refractivity contribution in [2.45, 2.75) is 20.4 Å². The SMILES string of the molecule is Cc1cc(C)n(Cc2cccc(C(=O)NN=Cc3cc([N+](=O)[O-])ccc3O)c2)n1. The van der Waals surface area contributed by atoms with Crippen LogP contribution in [0.15, 0.2) is 53.6 Å². The molecular formula is C20H19N5O4. The van der Waals surface area contributed by atoms with Crippen molar-refractivity contribution in [2.75, 3.05) is 0 Å². The summed E-state index contributed by atoms with van der Waals surface area (Å²) >= 11 is 0. The molecule has 3 aromatic rings. The summed E-state index contributed by atoms with van der Waals surface area (Å²) in [5.74, 6) is -0.623. The number of benzene rings is 2. The highest BCUT2D eigenvalue weighted by molar-refractivity contribution is 5.95. The second kappa shape index (κ2) is 8.34. The van der Waals surface area contributed by atoms with Crippen LogP contribution in [0.25, 0.3) is 0 Å². The lowest BCUT2D eigenvalue weighted by atomic mass is 10.1. The second-order valence-corrected chi connectivity index (χ2v) is 6.48. The Hall–Kier alpha value is -4.01. The molecule has 0 aliphatic heterocycles. The molecule has 1 amide bonds. The third kappa shape index (κ3) is 4.83. The Labute approximate surface area is 166 Å². The number of hydrogen-bond donors (Lipinski definition) is 2. The Morgan fingerprint density at radius 3 is 2.76 bits per heavy atom. The molecule has 29 heavy (non-hydrogen) atoms. The van der Waals surface area contributed by atoms with Crippen molar-refractivity contribution in [1.29, 1.82) is 0 Å². The van der Waals surface area contributed by atoms with Crippen molar-refractivity contribution in [2.24, 2.45) is 5.10 Å². The third-order valence-corrected chi connectivity index (χ3v) is 4.22. The molecule has 0 bridgehead atoms. The number of phenolic OH excluding ortho intramolecular Hbond substituents is 1. The van der Waals surface area contributed by atoms with E-state index in [-0.39, 0.29) is 17.0 Å². The number of aryl methyl sites for hydroxylation is 2. The molecule has 0 saturated heterocycles. The molecule has 0 aliphatic carbocycles. The largest absolute Gasteiger partial charge is 0.507 e. The van der Waals surface area contributed by atoms with Crippen LogP contribution in [0.5, 0.6) is 5.75 Å². The number of non-ortho nitro benzene ring substituents is 1. The van der Waals surface area contributed by atoms with E-state index in [4.69, 9.17) is 0 Å². The molecular weight excluding hydrogens is 374 g/mol. The van der Waals surface area contributed by atoms with Gasteiger partial charge < -0.3 is 5.11 Å². The fourth-order valence-corrected chi connectivity index (χ4v) is 2.80. The maximum atomic E-state index is 12.4. The monoisotopic (exact) mass is 393 g/mol. The van der Waals surface area contributed by atoms with Gasteiger partial charge in [0.1, 0.15) is 5.75 Å². The summed E-state index contributed by atoms with van der Waals surface area (Å²) in [5, 5.41) is 28.8. The second-order valence-electron chi connectivity index (χ2n) is 6.48. The number of nitro groups is 1. The van der Waals surface area contributed by atoms with Crippen LogP contribution in [-0.2, 0) is 6.54 Å². The lowest BCUT2D eigenvalue weighted by Gasteiger charge is -2.07. The molecule has 148 valence electrons. The van der Waals surface area contributed by atoms with Crippen LogP contribution in [0.2, 0.25) is 0 Å². The average molecular weight is 393 g/mol. The van der Waals surface area contributed by atoms with Gasteiger partial charge in [0.25, 0.3) is 11.6 Å². The van der Waals surface area contributed by atoms with E-state index in [2.05, 4.69) is 15.6 Å². The first-order chi connectivity index (χ1) is 13.8. The number of phenols is 1. The summed E-state index contributed by atoms with van der Waals surface area (Å²) < 4.78 is 1.86. The number of hydrazone groups is 1. The number of aromatic nitrogens is 2. The average Bonchev–Trinajstić information content (AvgIpc) is 3.00. The molecule has 1 heterocycles. The van der Waals surface area contributed by atoms with Gasteiger partial charge in [0, 0.05) is 29.0 Å². The number of nitrogens with one attached hydrogen (secondary N) is 1. The van der Waals surface area contributed by atoms with Gasteiger partial charge in [-0.25, -0.2) is 5.43 Å². The van der Waals surface area contributed by atoms with Gasteiger partial charge in [-0.15, -0.1) is 0 Å². The number of nitro benzene ring substituents is 1. The van der Waals surface area contributed by atoms with Crippen LogP contribution in [0.4, 0.5) is 5.69 Å². The highest BCUT2D eigenvalue weighted by Crippen LogP contribution is 2.21. The van der Waals surface area contributed by atoms with Crippen molar-refractivity contribution < 1.29 is 14.8 Å². The number of carbonyl (C=O) groups excluding carboxylic acids is 1. The maximum absolute atomic E-state index is 12.4. The highest BCUT2D eigenvalue weighted by atomic mass is 16.6. The van der Waals surface area contributed by atoms with Crippen LogP contribution in [0.3, 0.4) is 0 Å². The van der Waals surface area contributed by atoms with E-state index < -0.39 is 10.8 Å². The van der Waals surface area contributed by atoms with Crippen LogP contribution in [0, 0.1) is 24.0 Å². The van der Waals surface area contributed by atoms with Gasteiger partial charge in [-0.1, -0.05) is 12.1 Å². The molecule has 0 saturated carbocycles. The smallest absolute Gasteiger partial charge is 0.271 e. The minimum absolute atomic E-state index is 0.123. The summed E-state index contributed by atoms with van der Waals surface area (Å²) in [7, 11) is 0. The zero-order valence-corrected chi connectivity index (χ0v) is 15.9. The zero-order valence-electron chi connectivity index (χ0n) is 15.9. The number of hydrogen-bond acceptors (Lipinski definition) is 6. The molecule has 0 atom stereocenters. The predicted molar refractivity (Wildman–Crippen MR) is 107 cm³/mol. The topological polar surface area (TPSA) is 123 Å². The van der Waals surface area contributed by atoms with E-state index in [0.717, 1.165) is 23.2 Å². The van der Waals surface area contributed by atoms with Crippen LogP contribution in [0.1, 0.15) is 32.9 Å². The van der Waals surface area contributed by atoms with E-state index >= 15 is 0 Å². The summed E-state index contributed by atoms with van der Waals surface area (Å²) in [5.41, 5.74) is 5.56. The Morgan fingerprint density at radius 2 is 2.07 bits per heavy atom. The molecule has 3 rings (SSSR count). The van der Waals surface area contributed by atoms with Gasteiger partial charge in [0.05, 0.1) is 23.4 Å². The Kier molecular flexibility index (Phi) is 5.68. The third-order valence-electron chi connectivity index (χ3n) is 4.22. The fourth-order valence-electron chi connectivity index (χ4n) is 2.80. The van der Waals surface area contributed by atoms with E-state index in [1.54, 1.807) is 18.2 Å². The highest BCUT2D eigenvalue weighted by Gasteiger charge is 2.10. The summed E-state index contributed by atoms with van der Waals surface area (Å²) in [6.45, 7) is 4.42. The number of aromatic hydroxyl groups is 1. The van der Waals surface area contributed by atoms with Crippen molar-refractivity contribution >= 4 is 17.8 Å². The maximum Gasteiger partial charge on any atom is 0.271 e. The van der Waals surface area contributed by atoms with E-state index in [1.165, 1.54) is 18.2 Å². The molecule has 2 aromatic carbocycles. The first-order valence-corrected chi connectivity index (χ1v) is 8.74. The van der Waals surface area contributed by atoms with Gasteiger partial charge in [0.15, 0.2) is 0 Å². The quantitative estimate of drug-likeness (QED) is 0.379. The van der Waals surface area contributed by atoms with Crippen LogP contribution >= 0.6 is 0 Å². The molecule has 9 heteroatoms.